The molecule has 1 heterocycles. The molecule has 0 radical (unpaired) electrons. The van der Waals surface area contributed by atoms with Crippen LogP contribution in [0.4, 0.5) is 4.39 Å². The van der Waals surface area contributed by atoms with Gasteiger partial charge in [-0.3, -0.25) is 4.79 Å². The molecule has 0 aliphatic rings. The molecule has 1 aromatic heterocycles. The lowest BCUT2D eigenvalue weighted by atomic mass is 10.1. The number of hydrogen-bond acceptors (Lipinski definition) is 4. The van der Waals surface area contributed by atoms with E-state index in [0.717, 1.165) is 0 Å². The molecule has 0 aliphatic heterocycles. The maximum atomic E-state index is 14.1. The van der Waals surface area contributed by atoms with Crippen molar-refractivity contribution in [1.82, 2.24) is 20.1 Å². The Kier molecular flexibility index (Phi) is 5.81. The molecular weight excluding hydrogens is 299 g/mol. The zero-order valence-electron chi connectivity index (χ0n) is 13.5. The Balaban J connectivity index is 1.96. The lowest BCUT2D eigenvalue weighted by Gasteiger charge is -2.15. The molecule has 0 unspecified atom stereocenters. The normalized spacial score (nSPS) is 12.4. The Morgan fingerprint density at radius 2 is 2.13 bits per heavy atom. The van der Waals surface area contributed by atoms with E-state index in [0.29, 0.717) is 19.1 Å². The third-order valence-electron chi connectivity index (χ3n) is 3.07. The Bertz CT molecular complexity index is 644. The number of nitrogens with one attached hydrogen (secondary N) is 1. The van der Waals surface area contributed by atoms with Gasteiger partial charge in [0.15, 0.2) is 0 Å². The van der Waals surface area contributed by atoms with Crippen LogP contribution in [0.2, 0.25) is 0 Å². The van der Waals surface area contributed by atoms with E-state index < -0.39 is 5.82 Å². The van der Waals surface area contributed by atoms with Crippen LogP contribution < -0.4 is 5.32 Å². The van der Waals surface area contributed by atoms with Crippen LogP contribution in [0.1, 0.15) is 31.1 Å². The standard InChI is InChI=1S/C16H21FN4O2/c1-11(2)7-23-8-12(3)20-16(22)13-4-5-15(14(17)6-13)21-10-18-9-19-21/h4-6,9-12H,7-8H2,1-3H3,(H,20,22)/t12-/m1/s1. The SMILES string of the molecule is CC(C)COC[C@@H](C)NC(=O)c1ccc(-n2cncn2)c(F)c1. The van der Waals surface area contributed by atoms with Crippen LogP contribution >= 0.6 is 0 Å². The van der Waals surface area contributed by atoms with Gasteiger partial charge in [-0.1, -0.05) is 13.8 Å². The molecule has 23 heavy (non-hydrogen) atoms. The molecule has 0 saturated heterocycles. The first-order valence-corrected chi connectivity index (χ1v) is 7.50. The van der Waals surface area contributed by atoms with E-state index in [1.54, 1.807) is 6.07 Å². The third kappa shape index (κ3) is 4.85. The fraction of sp³-hybridized carbons (Fsp3) is 0.438. The van der Waals surface area contributed by atoms with Crippen LogP contribution in [0.5, 0.6) is 0 Å². The molecule has 124 valence electrons. The van der Waals surface area contributed by atoms with Gasteiger partial charge in [-0.05, 0) is 31.0 Å². The Morgan fingerprint density at radius 1 is 1.35 bits per heavy atom. The minimum atomic E-state index is -0.535. The highest BCUT2D eigenvalue weighted by Crippen LogP contribution is 2.14. The van der Waals surface area contributed by atoms with Crippen molar-refractivity contribution in [2.75, 3.05) is 13.2 Å². The smallest absolute Gasteiger partial charge is 0.251 e. The van der Waals surface area contributed by atoms with Crippen molar-refractivity contribution >= 4 is 5.91 Å². The van der Waals surface area contributed by atoms with E-state index in [-0.39, 0.29) is 23.2 Å². The third-order valence-corrected chi connectivity index (χ3v) is 3.07. The van der Waals surface area contributed by atoms with E-state index in [1.165, 1.54) is 29.5 Å². The lowest BCUT2D eigenvalue weighted by molar-refractivity contribution is 0.0791. The number of nitrogens with zero attached hydrogens (tertiary/aromatic N) is 3. The van der Waals surface area contributed by atoms with Gasteiger partial charge < -0.3 is 10.1 Å². The molecule has 1 N–H and O–H groups in total. The van der Waals surface area contributed by atoms with E-state index in [2.05, 4.69) is 29.2 Å². The van der Waals surface area contributed by atoms with Crippen molar-refractivity contribution in [1.29, 1.82) is 0 Å². The highest BCUT2D eigenvalue weighted by Gasteiger charge is 2.13. The van der Waals surface area contributed by atoms with Crippen LogP contribution in [-0.2, 0) is 4.74 Å². The second-order valence-electron chi connectivity index (χ2n) is 5.81. The molecule has 2 rings (SSSR count). The van der Waals surface area contributed by atoms with Crippen LogP contribution in [0.25, 0.3) is 5.69 Å². The average molecular weight is 320 g/mol. The van der Waals surface area contributed by atoms with E-state index >= 15 is 0 Å². The van der Waals surface area contributed by atoms with Crippen molar-refractivity contribution in [3.8, 4) is 5.69 Å². The van der Waals surface area contributed by atoms with Gasteiger partial charge in [0, 0.05) is 18.2 Å². The molecule has 7 heteroatoms. The summed E-state index contributed by atoms with van der Waals surface area (Å²) in [6.07, 6.45) is 2.71. The van der Waals surface area contributed by atoms with Gasteiger partial charge in [-0.2, -0.15) is 5.10 Å². The van der Waals surface area contributed by atoms with Crippen molar-refractivity contribution in [3.63, 3.8) is 0 Å². The number of halogens is 1. The molecule has 1 atom stereocenters. The minimum absolute atomic E-state index is 0.153. The second-order valence-corrected chi connectivity index (χ2v) is 5.81. The van der Waals surface area contributed by atoms with Gasteiger partial charge in [-0.15, -0.1) is 0 Å². The van der Waals surface area contributed by atoms with Gasteiger partial charge in [0.2, 0.25) is 0 Å². The number of amides is 1. The molecule has 0 fully saturated rings. The van der Waals surface area contributed by atoms with E-state index in [9.17, 15) is 9.18 Å². The summed E-state index contributed by atoms with van der Waals surface area (Å²) in [6.45, 7) is 7.02. The summed E-state index contributed by atoms with van der Waals surface area (Å²) in [6, 6.07) is 4.09. The van der Waals surface area contributed by atoms with Crippen molar-refractivity contribution in [2.24, 2.45) is 5.92 Å². The number of aromatic nitrogens is 3. The van der Waals surface area contributed by atoms with Gasteiger partial charge >= 0.3 is 0 Å². The summed E-state index contributed by atoms with van der Waals surface area (Å²) in [5.74, 6) is -0.433. The average Bonchev–Trinajstić information content (AvgIpc) is 3.00. The maximum Gasteiger partial charge on any atom is 0.251 e. The summed E-state index contributed by atoms with van der Waals surface area (Å²) >= 11 is 0. The van der Waals surface area contributed by atoms with Crippen molar-refractivity contribution in [3.05, 3.63) is 42.2 Å². The van der Waals surface area contributed by atoms with Gasteiger partial charge in [-0.25, -0.2) is 14.1 Å². The van der Waals surface area contributed by atoms with Crippen LogP contribution in [0.3, 0.4) is 0 Å². The predicted molar refractivity (Wildman–Crippen MR) is 83.9 cm³/mol. The molecule has 2 aromatic rings. The zero-order valence-corrected chi connectivity index (χ0v) is 13.5. The largest absolute Gasteiger partial charge is 0.379 e. The zero-order chi connectivity index (χ0) is 16.8. The van der Waals surface area contributed by atoms with Crippen LogP contribution in [-0.4, -0.2) is 39.9 Å². The number of hydrogen-bond donors (Lipinski definition) is 1. The fourth-order valence-electron chi connectivity index (χ4n) is 2.00. The van der Waals surface area contributed by atoms with Crippen molar-refractivity contribution < 1.29 is 13.9 Å². The quantitative estimate of drug-likeness (QED) is 0.849. The summed E-state index contributed by atoms with van der Waals surface area (Å²) in [5, 5.41) is 6.65. The summed E-state index contributed by atoms with van der Waals surface area (Å²) < 4.78 is 20.9. The Hall–Kier alpha value is -2.28. The highest BCUT2D eigenvalue weighted by atomic mass is 19.1. The molecule has 0 aliphatic carbocycles. The molecule has 0 bridgehead atoms. The number of carbonyl (C=O) groups is 1. The molecule has 0 spiro atoms. The molecule has 0 saturated carbocycles. The maximum absolute atomic E-state index is 14.1. The number of ether oxygens (including phenoxy) is 1. The van der Waals surface area contributed by atoms with E-state index in [1.807, 2.05) is 6.92 Å². The first kappa shape index (κ1) is 17.1. The molecular formula is C16H21FN4O2. The molecule has 1 aromatic carbocycles. The fourth-order valence-corrected chi connectivity index (χ4v) is 2.00. The van der Waals surface area contributed by atoms with Crippen molar-refractivity contribution in [2.45, 2.75) is 26.8 Å². The second kappa shape index (κ2) is 7.82. The minimum Gasteiger partial charge on any atom is -0.379 e. The summed E-state index contributed by atoms with van der Waals surface area (Å²) in [7, 11) is 0. The first-order chi connectivity index (χ1) is 11.0. The topological polar surface area (TPSA) is 69.0 Å². The molecule has 1 amide bonds. The monoisotopic (exact) mass is 320 g/mol. The first-order valence-electron chi connectivity index (χ1n) is 7.50. The summed E-state index contributed by atoms with van der Waals surface area (Å²) in [5.41, 5.74) is 0.495. The molecule has 6 nitrogen and oxygen atoms in total. The Labute approximate surface area is 134 Å². The van der Waals surface area contributed by atoms with Crippen LogP contribution in [0.15, 0.2) is 30.9 Å². The van der Waals surface area contributed by atoms with E-state index in [4.69, 9.17) is 4.74 Å². The van der Waals surface area contributed by atoms with Gasteiger partial charge in [0.05, 0.1) is 6.61 Å². The lowest BCUT2D eigenvalue weighted by Crippen LogP contribution is -2.36. The highest BCUT2D eigenvalue weighted by molar-refractivity contribution is 5.94. The van der Waals surface area contributed by atoms with Crippen LogP contribution in [0, 0.1) is 11.7 Å². The Morgan fingerprint density at radius 3 is 2.74 bits per heavy atom. The number of carbonyl (C=O) groups excluding carboxylic acids is 1. The summed E-state index contributed by atoms with van der Waals surface area (Å²) in [4.78, 5) is 15.9. The van der Waals surface area contributed by atoms with Gasteiger partial charge in [0.1, 0.15) is 24.2 Å². The number of benzene rings is 1. The number of rotatable bonds is 7. The predicted octanol–water partition coefficient (Wildman–Crippen LogP) is 2.20. The van der Waals surface area contributed by atoms with Gasteiger partial charge in [0.25, 0.3) is 5.91 Å².